The van der Waals surface area contributed by atoms with Crippen LogP contribution in [0.5, 0.6) is 0 Å². The van der Waals surface area contributed by atoms with Crippen LogP contribution in [0.3, 0.4) is 0 Å². The van der Waals surface area contributed by atoms with Gasteiger partial charge in [-0.3, -0.25) is 9.88 Å². The summed E-state index contributed by atoms with van der Waals surface area (Å²) in [5, 5.41) is 24.5. The zero-order valence-electron chi connectivity index (χ0n) is 17.9. The van der Waals surface area contributed by atoms with Gasteiger partial charge in [0.2, 0.25) is 0 Å². The van der Waals surface area contributed by atoms with Gasteiger partial charge in [-0.05, 0) is 43.2 Å². The van der Waals surface area contributed by atoms with E-state index in [2.05, 4.69) is 16.0 Å². The standard InChI is InChI=1S/C16H24N2O2.2C2HF3O2/c19-16-3-7-18(12-13-4-8-20-9-5-13)15(16)10-14-2-1-6-17-11-14;2*3-2(4,5)1(6)7/h1-2,6,11,13,15-16,19H,3-5,7-10,12H2;2*(H,6,7)/t15-,16-;;/m0../s1. The molecule has 3 heterocycles. The summed E-state index contributed by atoms with van der Waals surface area (Å²) in [4.78, 5) is 24.4. The number of nitrogens with zero attached hydrogens (tertiary/aromatic N) is 2. The highest BCUT2D eigenvalue weighted by molar-refractivity contribution is 5.73. The molecule has 194 valence electrons. The molecule has 1 aromatic heterocycles. The highest BCUT2D eigenvalue weighted by Gasteiger charge is 2.39. The van der Waals surface area contributed by atoms with E-state index in [9.17, 15) is 31.4 Å². The number of hydrogen-bond donors (Lipinski definition) is 3. The minimum absolute atomic E-state index is 0.199. The van der Waals surface area contributed by atoms with Gasteiger partial charge in [-0.15, -0.1) is 0 Å². The molecule has 2 fully saturated rings. The molecule has 34 heavy (non-hydrogen) atoms. The minimum atomic E-state index is -5.08. The lowest BCUT2D eigenvalue weighted by Crippen LogP contribution is -2.40. The number of ether oxygens (including phenoxy) is 1. The molecule has 2 aliphatic rings. The second-order valence-electron chi connectivity index (χ2n) is 7.65. The molecular weight excluding hydrogens is 478 g/mol. The Morgan fingerprint density at radius 1 is 1.03 bits per heavy atom. The summed E-state index contributed by atoms with van der Waals surface area (Å²) in [5.74, 6) is -4.79. The lowest BCUT2D eigenvalue weighted by atomic mass is 9.98. The van der Waals surface area contributed by atoms with Crippen molar-refractivity contribution in [3.63, 3.8) is 0 Å². The molecular formula is C20H26F6N2O6. The Morgan fingerprint density at radius 2 is 1.56 bits per heavy atom. The van der Waals surface area contributed by atoms with Crippen LogP contribution in [0.2, 0.25) is 0 Å². The predicted octanol–water partition coefficient (Wildman–Crippen LogP) is 2.75. The fourth-order valence-corrected chi connectivity index (χ4v) is 3.41. The van der Waals surface area contributed by atoms with E-state index in [1.807, 2.05) is 12.3 Å². The molecule has 2 atom stereocenters. The fraction of sp³-hybridized carbons (Fsp3) is 0.650. The Hall–Kier alpha value is -2.45. The normalized spacial score (nSPS) is 21.6. The maximum absolute atomic E-state index is 10.6. The van der Waals surface area contributed by atoms with E-state index in [4.69, 9.17) is 24.5 Å². The van der Waals surface area contributed by atoms with E-state index in [0.29, 0.717) is 0 Å². The van der Waals surface area contributed by atoms with Crippen molar-refractivity contribution in [3.05, 3.63) is 30.1 Å². The van der Waals surface area contributed by atoms with Crippen LogP contribution < -0.4 is 0 Å². The van der Waals surface area contributed by atoms with Crippen molar-refractivity contribution < 1.29 is 56.0 Å². The molecule has 0 unspecified atom stereocenters. The second-order valence-corrected chi connectivity index (χ2v) is 7.65. The number of halogens is 6. The number of rotatable bonds is 4. The zero-order chi connectivity index (χ0) is 25.9. The van der Waals surface area contributed by atoms with Gasteiger partial charge in [-0.1, -0.05) is 6.07 Å². The number of aliphatic hydroxyl groups is 1. The highest BCUT2D eigenvalue weighted by atomic mass is 19.4. The first kappa shape index (κ1) is 29.6. The van der Waals surface area contributed by atoms with Crippen LogP contribution in [0.4, 0.5) is 26.3 Å². The summed E-state index contributed by atoms with van der Waals surface area (Å²) in [7, 11) is 0. The third-order valence-corrected chi connectivity index (χ3v) is 5.11. The number of likely N-dealkylation sites (tertiary alicyclic amines) is 1. The van der Waals surface area contributed by atoms with Gasteiger partial charge in [0.15, 0.2) is 0 Å². The Labute approximate surface area is 191 Å². The number of carboxylic acid groups (broad SMARTS) is 2. The third-order valence-electron chi connectivity index (χ3n) is 5.11. The zero-order valence-corrected chi connectivity index (χ0v) is 17.9. The monoisotopic (exact) mass is 504 g/mol. The van der Waals surface area contributed by atoms with E-state index in [0.717, 1.165) is 57.9 Å². The van der Waals surface area contributed by atoms with Crippen LogP contribution in [0, 0.1) is 5.92 Å². The minimum Gasteiger partial charge on any atom is -0.475 e. The lowest BCUT2D eigenvalue weighted by molar-refractivity contribution is -0.193. The molecule has 2 aliphatic heterocycles. The first-order chi connectivity index (χ1) is 15.7. The summed E-state index contributed by atoms with van der Waals surface area (Å²) in [5.41, 5.74) is 1.22. The first-order valence-electron chi connectivity index (χ1n) is 10.2. The van der Waals surface area contributed by atoms with Crippen LogP contribution in [-0.4, -0.2) is 87.9 Å². The van der Waals surface area contributed by atoms with Gasteiger partial charge in [-0.25, -0.2) is 9.59 Å². The van der Waals surface area contributed by atoms with Crippen molar-refractivity contribution in [2.75, 3.05) is 26.3 Å². The topological polar surface area (TPSA) is 120 Å². The molecule has 1 aromatic rings. The van der Waals surface area contributed by atoms with Crippen molar-refractivity contribution >= 4 is 11.9 Å². The molecule has 3 rings (SSSR count). The number of alkyl halides is 6. The number of aliphatic carboxylic acids is 2. The molecule has 0 radical (unpaired) electrons. The summed E-state index contributed by atoms with van der Waals surface area (Å²) >= 11 is 0. The fourth-order valence-electron chi connectivity index (χ4n) is 3.41. The van der Waals surface area contributed by atoms with Crippen LogP contribution in [0.25, 0.3) is 0 Å². The number of hydrogen-bond acceptors (Lipinski definition) is 6. The number of aromatic nitrogens is 1. The van der Waals surface area contributed by atoms with Crippen molar-refractivity contribution in [3.8, 4) is 0 Å². The molecule has 2 saturated heterocycles. The molecule has 0 spiro atoms. The van der Waals surface area contributed by atoms with Crippen molar-refractivity contribution in [2.45, 2.75) is 50.2 Å². The Bertz CT molecular complexity index is 732. The number of pyridine rings is 1. The summed E-state index contributed by atoms with van der Waals surface area (Å²) in [6.07, 6.45) is -2.54. The third kappa shape index (κ3) is 11.1. The average molecular weight is 504 g/mol. The smallest absolute Gasteiger partial charge is 0.475 e. The van der Waals surface area contributed by atoms with Crippen molar-refractivity contribution in [2.24, 2.45) is 5.92 Å². The van der Waals surface area contributed by atoms with Crippen molar-refractivity contribution in [1.29, 1.82) is 0 Å². The van der Waals surface area contributed by atoms with Gasteiger partial charge in [0.1, 0.15) is 0 Å². The van der Waals surface area contributed by atoms with Gasteiger partial charge >= 0.3 is 24.3 Å². The van der Waals surface area contributed by atoms with Gasteiger partial charge in [0, 0.05) is 44.7 Å². The summed E-state index contributed by atoms with van der Waals surface area (Å²) in [6.45, 7) is 3.91. The quantitative estimate of drug-likeness (QED) is 0.536. The molecule has 0 amide bonds. The maximum Gasteiger partial charge on any atom is 0.490 e. The highest BCUT2D eigenvalue weighted by Crippen LogP contribution is 2.25. The van der Waals surface area contributed by atoms with Gasteiger partial charge < -0.3 is 20.1 Å². The van der Waals surface area contributed by atoms with E-state index in [-0.39, 0.29) is 12.1 Å². The van der Waals surface area contributed by atoms with Crippen LogP contribution >= 0.6 is 0 Å². The molecule has 8 nitrogen and oxygen atoms in total. The van der Waals surface area contributed by atoms with E-state index >= 15 is 0 Å². The number of carboxylic acids is 2. The first-order valence-corrected chi connectivity index (χ1v) is 10.2. The SMILES string of the molecule is O=C(O)C(F)(F)F.O=C(O)C(F)(F)F.O[C@H]1CCN(CC2CCOCC2)[C@H]1Cc1cccnc1. The van der Waals surface area contributed by atoms with Gasteiger partial charge in [0.25, 0.3) is 0 Å². The average Bonchev–Trinajstić information content (AvgIpc) is 3.08. The maximum atomic E-state index is 10.6. The lowest BCUT2D eigenvalue weighted by Gasteiger charge is -2.31. The summed E-state index contributed by atoms with van der Waals surface area (Å²) < 4.78 is 68.9. The molecule has 0 bridgehead atoms. The molecule has 0 aliphatic carbocycles. The van der Waals surface area contributed by atoms with Crippen LogP contribution in [0.1, 0.15) is 24.8 Å². The summed E-state index contributed by atoms with van der Waals surface area (Å²) in [6, 6.07) is 4.33. The van der Waals surface area contributed by atoms with Gasteiger partial charge in [-0.2, -0.15) is 26.3 Å². The van der Waals surface area contributed by atoms with Crippen LogP contribution in [-0.2, 0) is 20.7 Å². The van der Waals surface area contributed by atoms with E-state index in [1.54, 1.807) is 6.20 Å². The largest absolute Gasteiger partial charge is 0.490 e. The van der Waals surface area contributed by atoms with Crippen molar-refractivity contribution in [1.82, 2.24) is 9.88 Å². The molecule has 3 N–H and O–H groups in total. The number of carbonyl (C=O) groups is 2. The Morgan fingerprint density at radius 3 is 2.00 bits per heavy atom. The second kappa shape index (κ2) is 13.4. The van der Waals surface area contributed by atoms with Gasteiger partial charge in [0.05, 0.1) is 6.10 Å². The Balaban J connectivity index is 0.000000343. The predicted molar refractivity (Wildman–Crippen MR) is 105 cm³/mol. The molecule has 14 heteroatoms. The van der Waals surface area contributed by atoms with E-state index < -0.39 is 24.3 Å². The molecule has 0 aromatic carbocycles. The molecule has 0 saturated carbocycles. The number of aliphatic hydroxyl groups excluding tert-OH is 1. The Kier molecular flexibility index (Phi) is 11.7. The van der Waals surface area contributed by atoms with Crippen LogP contribution in [0.15, 0.2) is 24.5 Å². The van der Waals surface area contributed by atoms with E-state index in [1.165, 1.54) is 5.56 Å².